The summed E-state index contributed by atoms with van der Waals surface area (Å²) in [6.07, 6.45) is 3.02. The van der Waals surface area contributed by atoms with Crippen LogP contribution in [0.5, 0.6) is 0 Å². The Morgan fingerprint density at radius 2 is 1.14 bits per heavy atom. The van der Waals surface area contributed by atoms with Crippen molar-refractivity contribution in [2.45, 2.75) is 33.1 Å². The smallest absolute Gasteiger partial charge is 0.303 e. The van der Waals surface area contributed by atoms with Gasteiger partial charge in [0.2, 0.25) is 11.8 Å². The molecule has 0 atom stereocenters. The predicted octanol–water partition coefficient (Wildman–Crippen LogP) is -0.467. The summed E-state index contributed by atoms with van der Waals surface area (Å²) in [7, 11) is 0. The SMILES string of the molecule is CC(=O)NC#N.CC(=O)NC#N.O=C(O)CCCC(=O)O. The number of nitrogens with one attached hydrogen (secondary N) is 2. The Morgan fingerprint density at radius 3 is 1.24 bits per heavy atom. The van der Waals surface area contributed by atoms with Gasteiger partial charge in [-0.2, -0.15) is 10.5 Å². The Labute approximate surface area is 121 Å². The fourth-order valence-electron chi connectivity index (χ4n) is 0.548. The Morgan fingerprint density at radius 1 is 0.857 bits per heavy atom. The number of carboxylic acid groups (broad SMARTS) is 2. The minimum atomic E-state index is -0.948. The molecule has 0 radical (unpaired) electrons. The second-order valence-corrected chi connectivity index (χ2v) is 3.23. The molecule has 0 fully saturated rings. The fourth-order valence-corrected chi connectivity index (χ4v) is 0.548. The van der Waals surface area contributed by atoms with Gasteiger partial charge in [0, 0.05) is 26.7 Å². The summed E-state index contributed by atoms with van der Waals surface area (Å²) < 4.78 is 0. The van der Waals surface area contributed by atoms with Crippen LogP contribution in [-0.2, 0) is 19.2 Å². The van der Waals surface area contributed by atoms with Crippen LogP contribution >= 0.6 is 0 Å². The van der Waals surface area contributed by atoms with E-state index in [0.29, 0.717) is 0 Å². The number of aliphatic carboxylic acids is 2. The highest BCUT2D eigenvalue weighted by molar-refractivity contribution is 5.74. The van der Waals surface area contributed by atoms with E-state index in [0.717, 1.165) is 0 Å². The maximum Gasteiger partial charge on any atom is 0.303 e. The van der Waals surface area contributed by atoms with E-state index in [-0.39, 0.29) is 31.1 Å². The summed E-state index contributed by atoms with van der Waals surface area (Å²) >= 11 is 0. The zero-order chi connectivity index (χ0) is 17.3. The molecule has 0 saturated carbocycles. The Hall–Kier alpha value is -3.14. The molecule has 4 N–H and O–H groups in total. The number of nitriles is 2. The van der Waals surface area contributed by atoms with Crippen molar-refractivity contribution in [2.24, 2.45) is 0 Å². The Kier molecular flexibility index (Phi) is 18.5. The molecule has 10 nitrogen and oxygen atoms in total. The average molecular weight is 300 g/mol. The highest BCUT2D eigenvalue weighted by Gasteiger charge is 1.99. The van der Waals surface area contributed by atoms with Crippen molar-refractivity contribution in [1.82, 2.24) is 10.6 Å². The van der Waals surface area contributed by atoms with Gasteiger partial charge in [0.1, 0.15) is 0 Å². The molecule has 116 valence electrons. The van der Waals surface area contributed by atoms with Crippen molar-refractivity contribution in [3.63, 3.8) is 0 Å². The van der Waals surface area contributed by atoms with E-state index in [2.05, 4.69) is 0 Å². The molecule has 0 aliphatic rings. The van der Waals surface area contributed by atoms with Crippen molar-refractivity contribution >= 4 is 23.8 Å². The summed E-state index contributed by atoms with van der Waals surface area (Å²) in [6.45, 7) is 2.56. The first kappa shape index (κ1) is 23.0. The number of rotatable bonds is 4. The second-order valence-electron chi connectivity index (χ2n) is 3.23. The molecule has 0 heterocycles. The first-order chi connectivity index (χ1) is 9.67. The molecule has 0 aliphatic heterocycles. The average Bonchev–Trinajstić information content (AvgIpc) is 2.28. The maximum absolute atomic E-state index is 9.79. The minimum absolute atomic E-state index is 0.0632. The standard InChI is InChI=1S/C5H8O4.2C3H4N2O/c6-4(7)2-1-3-5(8)9;2*1-3(6)5-2-4/h1-3H2,(H,6,7)(H,8,9);2*1H3,(H,5,6). The summed E-state index contributed by atoms with van der Waals surface area (Å²) in [5.74, 6) is -2.54. The van der Waals surface area contributed by atoms with Crippen LogP contribution in [0.1, 0.15) is 33.1 Å². The van der Waals surface area contributed by atoms with Gasteiger partial charge in [0.15, 0.2) is 12.4 Å². The molecular formula is C11H16N4O6. The molecule has 2 amide bonds. The third-order valence-electron chi connectivity index (χ3n) is 1.25. The molecule has 0 aromatic carbocycles. The van der Waals surface area contributed by atoms with Crippen molar-refractivity contribution in [3.8, 4) is 12.4 Å². The van der Waals surface area contributed by atoms with E-state index in [1.54, 1.807) is 0 Å². The first-order valence-electron chi connectivity index (χ1n) is 5.42. The largest absolute Gasteiger partial charge is 0.481 e. The quantitative estimate of drug-likeness (QED) is 0.397. The lowest BCUT2D eigenvalue weighted by atomic mass is 10.2. The van der Waals surface area contributed by atoms with Crippen LogP contribution in [0.25, 0.3) is 0 Å². The van der Waals surface area contributed by atoms with Crippen LogP contribution in [0.3, 0.4) is 0 Å². The molecule has 0 spiro atoms. The van der Waals surface area contributed by atoms with E-state index in [1.165, 1.54) is 26.2 Å². The number of hydrogen-bond donors (Lipinski definition) is 4. The number of carboxylic acids is 2. The van der Waals surface area contributed by atoms with Crippen molar-refractivity contribution in [3.05, 3.63) is 0 Å². The maximum atomic E-state index is 9.79. The number of carbonyl (C=O) groups excluding carboxylic acids is 2. The third-order valence-corrected chi connectivity index (χ3v) is 1.25. The molecule has 21 heavy (non-hydrogen) atoms. The van der Waals surface area contributed by atoms with Gasteiger partial charge >= 0.3 is 11.9 Å². The normalized spacial score (nSPS) is 7.24. The number of hydrogen-bond acceptors (Lipinski definition) is 6. The van der Waals surface area contributed by atoms with Gasteiger partial charge < -0.3 is 10.2 Å². The van der Waals surface area contributed by atoms with Gasteiger partial charge in [0.05, 0.1) is 0 Å². The van der Waals surface area contributed by atoms with Crippen molar-refractivity contribution in [1.29, 1.82) is 10.5 Å². The monoisotopic (exact) mass is 300 g/mol. The molecule has 0 saturated heterocycles. The second kappa shape index (κ2) is 16.9. The molecule has 0 unspecified atom stereocenters. The topological polar surface area (TPSA) is 180 Å². The van der Waals surface area contributed by atoms with E-state index in [9.17, 15) is 19.2 Å². The van der Waals surface area contributed by atoms with Crippen LogP contribution in [0.15, 0.2) is 0 Å². The van der Waals surface area contributed by atoms with Crippen LogP contribution in [0, 0.1) is 22.9 Å². The Balaban J connectivity index is -0.000000240. The minimum Gasteiger partial charge on any atom is -0.481 e. The van der Waals surface area contributed by atoms with Crippen LogP contribution in [-0.4, -0.2) is 34.0 Å². The summed E-state index contributed by atoms with van der Waals surface area (Å²) in [5.41, 5.74) is 0. The van der Waals surface area contributed by atoms with Crippen LogP contribution < -0.4 is 10.6 Å². The van der Waals surface area contributed by atoms with Crippen LogP contribution in [0.2, 0.25) is 0 Å². The lowest BCUT2D eigenvalue weighted by Crippen LogP contribution is -2.11. The van der Waals surface area contributed by atoms with E-state index in [1.807, 2.05) is 10.6 Å². The van der Waals surface area contributed by atoms with Gasteiger partial charge in [-0.1, -0.05) is 0 Å². The zero-order valence-corrected chi connectivity index (χ0v) is 11.5. The van der Waals surface area contributed by atoms with Gasteiger partial charge in [-0.15, -0.1) is 0 Å². The summed E-state index contributed by atoms with van der Waals surface area (Å²) in [5, 5.41) is 35.1. The number of nitrogens with zero attached hydrogens (tertiary/aromatic N) is 2. The lowest BCUT2D eigenvalue weighted by molar-refractivity contribution is -0.138. The van der Waals surface area contributed by atoms with Crippen LogP contribution in [0.4, 0.5) is 0 Å². The van der Waals surface area contributed by atoms with Crippen molar-refractivity contribution in [2.75, 3.05) is 0 Å². The molecule has 0 bridgehead atoms. The highest BCUT2D eigenvalue weighted by Crippen LogP contribution is 1.93. The lowest BCUT2D eigenvalue weighted by Gasteiger charge is -1.89. The van der Waals surface area contributed by atoms with Crippen molar-refractivity contribution < 1.29 is 29.4 Å². The van der Waals surface area contributed by atoms with Gasteiger partial charge in [0.25, 0.3) is 0 Å². The molecular weight excluding hydrogens is 284 g/mol. The third kappa shape index (κ3) is 47.4. The number of amides is 2. The van der Waals surface area contributed by atoms with Gasteiger partial charge in [-0.25, -0.2) is 0 Å². The zero-order valence-electron chi connectivity index (χ0n) is 11.5. The fraction of sp³-hybridized carbons (Fsp3) is 0.455. The number of carbonyl (C=O) groups is 4. The van der Waals surface area contributed by atoms with E-state index < -0.39 is 11.9 Å². The molecule has 0 aromatic rings. The Bertz CT molecular complexity index is 395. The molecule has 10 heteroatoms. The van der Waals surface area contributed by atoms with E-state index in [4.69, 9.17) is 20.7 Å². The molecule has 0 aromatic heterocycles. The van der Waals surface area contributed by atoms with E-state index >= 15 is 0 Å². The first-order valence-corrected chi connectivity index (χ1v) is 5.42. The van der Waals surface area contributed by atoms with Gasteiger partial charge in [-0.3, -0.25) is 29.8 Å². The summed E-state index contributed by atoms with van der Waals surface area (Å²) in [4.78, 5) is 39.0. The molecule has 0 rings (SSSR count). The summed E-state index contributed by atoms with van der Waals surface area (Å²) in [6, 6.07) is 0. The predicted molar refractivity (Wildman–Crippen MR) is 68.0 cm³/mol. The van der Waals surface area contributed by atoms with Gasteiger partial charge in [-0.05, 0) is 6.42 Å². The molecule has 0 aliphatic carbocycles. The highest BCUT2D eigenvalue weighted by atomic mass is 16.4.